The molecule has 9 heteroatoms. The third kappa shape index (κ3) is 8.95. The van der Waals surface area contributed by atoms with Crippen molar-refractivity contribution in [3.05, 3.63) is 94.5 Å². The molecule has 1 N–H and O–H groups in total. The Hall–Kier alpha value is -3.59. The van der Waals surface area contributed by atoms with Gasteiger partial charge in [0.25, 0.3) is 0 Å². The van der Waals surface area contributed by atoms with E-state index in [4.69, 9.17) is 25.8 Å². The topological polar surface area (TPSA) is 80.3 Å². The molecule has 0 saturated carbocycles. The Kier molecular flexibility index (Phi) is 11.4. The second-order valence-electron chi connectivity index (χ2n) is 9.96. The summed E-state index contributed by atoms with van der Waals surface area (Å²) in [7, 11) is 3.13. The fourth-order valence-electron chi connectivity index (χ4n) is 4.89. The van der Waals surface area contributed by atoms with E-state index in [9.17, 15) is 9.59 Å². The van der Waals surface area contributed by atoms with Crippen LogP contribution in [0.2, 0.25) is 5.02 Å². The number of benzene rings is 3. The summed E-state index contributed by atoms with van der Waals surface area (Å²) in [6.07, 6.45) is 0.482. The number of methoxy groups -OCH3 is 2. The SMILES string of the molecule is COc1ccc(CC(=O)N(Cc2ccc(Cl)cc2)C(Cc2ccccc2)C(=O)NCCN2CCOCC2)cc1OC. The van der Waals surface area contributed by atoms with Gasteiger partial charge in [-0.1, -0.05) is 60.1 Å². The first kappa shape index (κ1) is 30.4. The van der Waals surface area contributed by atoms with Crippen LogP contribution in [0, 0.1) is 0 Å². The van der Waals surface area contributed by atoms with Gasteiger partial charge in [0.05, 0.1) is 33.9 Å². The Morgan fingerprint density at radius 3 is 2.29 bits per heavy atom. The van der Waals surface area contributed by atoms with E-state index in [1.54, 1.807) is 43.4 Å². The summed E-state index contributed by atoms with van der Waals surface area (Å²) in [6.45, 7) is 4.56. The van der Waals surface area contributed by atoms with Crippen molar-refractivity contribution in [1.29, 1.82) is 0 Å². The minimum Gasteiger partial charge on any atom is -0.493 e. The van der Waals surface area contributed by atoms with Gasteiger partial charge in [-0.3, -0.25) is 14.5 Å². The molecule has 1 aliphatic rings. The molecule has 0 aliphatic carbocycles. The molecule has 1 fully saturated rings. The average Bonchev–Trinajstić information content (AvgIpc) is 3.00. The Labute approximate surface area is 247 Å². The van der Waals surface area contributed by atoms with Crippen molar-refractivity contribution >= 4 is 23.4 Å². The highest BCUT2D eigenvalue weighted by Gasteiger charge is 2.30. The maximum absolute atomic E-state index is 14.0. The lowest BCUT2D eigenvalue weighted by Crippen LogP contribution is -2.52. The van der Waals surface area contributed by atoms with Crippen LogP contribution in [0.3, 0.4) is 0 Å². The number of hydrogen-bond donors (Lipinski definition) is 1. The molecule has 0 spiro atoms. The van der Waals surface area contributed by atoms with E-state index in [0.29, 0.717) is 42.7 Å². The molecule has 3 aromatic carbocycles. The summed E-state index contributed by atoms with van der Waals surface area (Å²) in [5.74, 6) is 0.778. The maximum atomic E-state index is 14.0. The molecule has 1 saturated heterocycles. The van der Waals surface area contributed by atoms with Crippen LogP contribution in [0.1, 0.15) is 16.7 Å². The van der Waals surface area contributed by atoms with E-state index in [1.165, 1.54) is 0 Å². The lowest BCUT2D eigenvalue weighted by molar-refractivity contribution is -0.140. The van der Waals surface area contributed by atoms with Gasteiger partial charge >= 0.3 is 0 Å². The highest BCUT2D eigenvalue weighted by molar-refractivity contribution is 6.30. The van der Waals surface area contributed by atoms with Crippen molar-refractivity contribution in [2.24, 2.45) is 0 Å². The minimum absolute atomic E-state index is 0.0975. The number of carbonyl (C=O) groups is 2. The van der Waals surface area contributed by atoms with Crippen LogP contribution in [0.15, 0.2) is 72.8 Å². The highest BCUT2D eigenvalue weighted by Crippen LogP contribution is 2.28. The highest BCUT2D eigenvalue weighted by atomic mass is 35.5. The Balaban J connectivity index is 1.60. The van der Waals surface area contributed by atoms with Crippen molar-refractivity contribution in [3.63, 3.8) is 0 Å². The quantitative estimate of drug-likeness (QED) is 0.330. The monoisotopic (exact) mass is 579 g/mol. The molecule has 41 heavy (non-hydrogen) atoms. The molecule has 1 atom stereocenters. The van der Waals surface area contributed by atoms with Gasteiger partial charge < -0.3 is 24.4 Å². The van der Waals surface area contributed by atoms with Crippen molar-refractivity contribution in [1.82, 2.24) is 15.1 Å². The number of hydrogen-bond acceptors (Lipinski definition) is 6. The summed E-state index contributed by atoms with van der Waals surface area (Å²) < 4.78 is 16.2. The van der Waals surface area contributed by atoms with Crippen molar-refractivity contribution < 1.29 is 23.8 Å². The van der Waals surface area contributed by atoms with E-state index in [2.05, 4.69) is 10.2 Å². The third-order valence-corrected chi connectivity index (χ3v) is 7.42. The molecular weight excluding hydrogens is 542 g/mol. The number of carbonyl (C=O) groups excluding carboxylic acids is 2. The van der Waals surface area contributed by atoms with Crippen LogP contribution in [0.4, 0.5) is 0 Å². The van der Waals surface area contributed by atoms with Crippen molar-refractivity contribution in [2.75, 3.05) is 53.6 Å². The average molecular weight is 580 g/mol. The van der Waals surface area contributed by atoms with Gasteiger partial charge in [0.15, 0.2) is 11.5 Å². The summed E-state index contributed by atoms with van der Waals surface area (Å²) in [6, 6.07) is 21.8. The first-order valence-electron chi connectivity index (χ1n) is 13.8. The zero-order valence-electron chi connectivity index (χ0n) is 23.7. The predicted octanol–water partition coefficient (Wildman–Crippen LogP) is 3.99. The second kappa shape index (κ2) is 15.4. The smallest absolute Gasteiger partial charge is 0.243 e. The third-order valence-electron chi connectivity index (χ3n) is 7.17. The molecule has 4 rings (SSSR count). The maximum Gasteiger partial charge on any atom is 0.243 e. The van der Waals surface area contributed by atoms with Gasteiger partial charge in [-0.2, -0.15) is 0 Å². The summed E-state index contributed by atoms with van der Waals surface area (Å²) in [5.41, 5.74) is 2.62. The number of rotatable bonds is 13. The number of amides is 2. The zero-order valence-corrected chi connectivity index (χ0v) is 24.4. The van der Waals surface area contributed by atoms with Crippen molar-refractivity contribution in [2.45, 2.75) is 25.4 Å². The van der Waals surface area contributed by atoms with E-state index < -0.39 is 6.04 Å². The summed E-state index contributed by atoms with van der Waals surface area (Å²) >= 11 is 6.13. The first-order chi connectivity index (χ1) is 20.0. The Morgan fingerprint density at radius 1 is 0.927 bits per heavy atom. The minimum atomic E-state index is -0.717. The van der Waals surface area contributed by atoms with E-state index in [1.807, 2.05) is 48.5 Å². The molecule has 0 radical (unpaired) electrons. The molecule has 0 bridgehead atoms. The number of morpholine rings is 1. The number of halogens is 1. The largest absolute Gasteiger partial charge is 0.493 e. The molecule has 1 heterocycles. The van der Waals surface area contributed by atoms with E-state index in [-0.39, 0.29) is 24.8 Å². The van der Waals surface area contributed by atoms with Crippen LogP contribution in [-0.4, -0.2) is 81.3 Å². The van der Waals surface area contributed by atoms with Crippen LogP contribution in [0.25, 0.3) is 0 Å². The van der Waals surface area contributed by atoms with Crippen LogP contribution in [-0.2, 0) is 33.7 Å². The normalized spacial score (nSPS) is 14.2. The first-order valence-corrected chi connectivity index (χ1v) is 14.2. The molecule has 0 aromatic heterocycles. The van der Waals surface area contributed by atoms with Gasteiger partial charge in [0, 0.05) is 44.2 Å². The van der Waals surface area contributed by atoms with E-state index in [0.717, 1.165) is 36.3 Å². The fourth-order valence-corrected chi connectivity index (χ4v) is 5.01. The predicted molar refractivity (Wildman–Crippen MR) is 159 cm³/mol. The van der Waals surface area contributed by atoms with Gasteiger partial charge in [0.2, 0.25) is 11.8 Å². The van der Waals surface area contributed by atoms with Crippen molar-refractivity contribution in [3.8, 4) is 11.5 Å². The van der Waals surface area contributed by atoms with Crippen LogP contribution in [0.5, 0.6) is 11.5 Å². The lowest BCUT2D eigenvalue weighted by atomic mass is 10.0. The van der Waals surface area contributed by atoms with Gasteiger partial charge in [-0.15, -0.1) is 0 Å². The number of nitrogens with zero attached hydrogens (tertiary/aromatic N) is 2. The zero-order chi connectivity index (χ0) is 29.0. The van der Waals surface area contributed by atoms with Gasteiger partial charge in [0.1, 0.15) is 6.04 Å². The molecule has 1 aliphatic heterocycles. The molecular formula is C32H38ClN3O5. The van der Waals surface area contributed by atoms with Crippen LogP contribution < -0.4 is 14.8 Å². The molecule has 8 nitrogen and oxygen atoms in total. The molecule has 218 valence electrons. The van der Waals surface area contributed by atoms with Crippen LogP contribution >= 0.6 is 11.6 Å². The standard InChI is InChI=1S/C32H38ClN3O5/c1-39-29-13-10-26(21-30(29)40-2)22-31(37)36(23-25-8-11-27(33)12-9-25)28(20-24-6-4-3-5-7-24)32(38)34-14-15-35-16-18-41-19-17-35/h3-13,21,28H,14-20,22-23H2,1-2H3,(H,34,38). The fraction of sp³-hybridized carbons (Fsp3) is 0.375. The summed E-state index contributed by atoms with van der Waals surface area (Å²) in [5, 5.41) is 3.71. The Morgan fingerprint density at radius 2 is 1.61 bits per heavy atom. The second-order valence-corrected chi connectivity index (χ2v) is 10.4. The molecule has 1 unspecified atom stereocenters. The van der Waals surface area contributed by atoms with Gasteiger partial charge in [-0.25, -0.2) is 0 Å². The number of ether oxygens (including phenoxy) is 3. The van der Waals surface area contributed by atoms with Gasteiger partial charge in [-0.05, 0) is 41.0 Å². The number of nitrogens with one attached hydrogen (secondary N) is 1. The lowest BCUT2D eigenvalue weighted by Gasteiger charge is -2.32. The summed E-state index contributed by atoms with van der Waals surface area (Å²) in [4.78, 5) is 31.8. The molecule has 3 aromatic rings. The molecule has 2 amide bonds. The Bertz CT molecular complexity index is 1270. The van der Waals surface area contributed by atoms with E-state index >= 15 is 0 Å².